The maximum atomic E-state index is 5.25. The molecule has 5 heteroatoms. The van der Waals surface area contributed by atoms with E-state index in [1.165, 1.54) is 26.1 Å². The predicted octanol–water partition coefficient (Wildman–Crippen LogP) is 13.3. The van der Waals surface area contributed by atoms with Gasteiger partial charge in [-0.15, -0.1) is 11.3 Å². The van der Waals surface area contributed by atoms with Crippen molar-refractivity contribution in [2.24, 2.45) is 0 Å². The number of rotatable bonds is 7. The van der Waals surface area contributed by atoms with Gasteiger partial charge >= 0.3 is 0 Å². The van der Waals surface area contributed by atoms with Gasteiger partial charge in [0.25, 0.3) is 0 Å². The summed E-state index contributed by atoms with van der Waals surface area (Å²) < 4.78 is 1.18. The first-order valence-corrected chi connectivity index (χ1v) is 19.1. The maximum absolute atomic E-state index is 5.25. The highest BCUT2D eigenvalue weighted by molar-refractivity contribution is 7.23. The van der Waals surface area contributed by atoms with Crippen molar-refractivity contribution in [2.45, 2.75) is 0 Å². The average molecular weight is 721 g/mol. The zero-order valence-electron chi connectivity index (χ0n) is 29.7. The molecule has 0 amide bonds. The third-order valence-corrected chi connectivity index (χ3v) is 11.2. The van der Waals surface area contributed by atoms with E-state index in [0.717, 1.165) is 55.5 Å². The molecule has 3 heterocycles. The zero-order valence-corrected chi connectivity index (χ0v) is 30.5. The summed E-state index contributed by atoms with van der Waals surface area (Å²) in [5, 5.41) is 2.36. The van der Waals surface area contributed by atoms with Crippen LogP contribution in [-0.2, 0) is 0 Å². The van der Waals surface area contributed by atoms with Crippen LogP contribution in [0, 0.1) is 0 Å². The monoisotopic (exact) mass is 720 g/mol. The lowest BCUT2D eigenvalue weighted by Crippen LogP contribution is -2.00. The molecule has 3 aromatic heterocycles. The Hall–Kier alpha value is -7.08. The van der Waals surface area contributed by atoms with Crippen LogP contribution in [0.3, 0.4) is 0 Å². The van der Waals surface area contributed by atoms with Gasteiger partial charge in [-0.1, -0.05) is 182 Å². The molecule has 0 atom stereocenters. The molecule has 0 saturated heterocycles. The minimum atomic E-state index is 0.625. The molecule has 0 N–H and O–H groups in total. The van der Waals surface area contributed by atoms with Crippen LogP contribution in [0.1, 0.15) is 0 Å². The second-order valence-electron chi connectivity index (χ2n) is 13.4. The second-order valence-corrected chi connectivity index (χ2v) is 14.4. The fraction of sp³-hybridized carbons (Fsp3) is 0. The highest BCUT2D eigenvalue weighted by atomic mass is 32.1. The normalized spacial score (nSPS) is 11.3. The predicted molar refractivity (Wildman–Crippen MR) is 229 cm³/mol. The molecule has 0 aliphatic carbocycles. The Balaban J connectivity index is 1.15. The molecule has 0 aliphatic heterocycles. The molecular weight excluding hydrogens is 689 g/mol. The zero-order chi connectivity index (χ0) is 36.6. The van der Waals surface area contributed by atoms with Gasteiger partial charge < -0.3 is 0 Å². The van der Waals surface area contributed by atoms with Crippen LogP contribution in [0.2, 0.25) is 0 Å². The summed E-state index contributed by atoms with van der Waals surface area (Å²) in [7, 11) is 0. The van der Waals surface area contributed by atoms with Crippen molar-refractivity contribution in [3.63, 3.8) is 0 Å². The molecule has 10 aromatic rings. The minimum absolute atomic E-state index is 0.625. The summed E-state index contributed by atoms with van der Waals surface area (Å²) in [4.78, 5) is 21.6. The largest absolute Gasteiger partial charge is 0.246 e. The molecule has 0 aliphatic rings. The van der Waals surface area contributed by atoms with E-state index < -0.39 is 0 Å². The van der Waals surface area contributed by atoms with Gasteiger partial charge in [-0.25, -0.2) is 19.9 Å². The molecule has 0 unspecified atom stereocenters. The number of hydrogen-bond acceptors (Lipinski definition) is 5. The fourth-order valence-corrected chi connectivity index (χ4v) is 8.63. The van der Waals surface area contributed by atoms with E-state index in [1.807, 2.05) is 47.7 Å². The van der Waals surface area contributed by atoms with Crippen LogP contribution < -0.4 is 0 Å². The summed E-state index contributed by atoms with van der Waals surface area (Å²) >= 11 is 1.81. The molecular formula is C50H32N4S. The Morgan fingerprint density at radius 1 is 0.327 bits per heavy atom. The highest BCUT2D eigenvalue weighted by Gasteiger charge is 2.22. The number of pyridine rings is 1. The standard InChI is InChI=1S/C50H32N4S/c1-5-16-33(17-6-1)39-24-15-25-40(32-39)50-53-48(37-22-11-4-12-23-37)52-49(54-50)38-30-28-34(29-31-38)43-44-41-26-13-14-27-42(41)51-45(35-18-7-2-8-19-35)47(44)55-46(43)36-20-9-3-10-21-36/h1-32H. The molecule has 0 spiro atoms. The summed E-state index contributed by atoms with van der Waals surface area (Å²) in [5.74, 6) is 1.89. The molecule has 0 fully saturated rings. The molecule has 0 saturated carbocycles. The lowest BCUT2D eigenvalue weighted by Gasteiger charge is -2.11. The highest BCUT2D eigenvalue weighted by Crippen LogP contribution is 2.50. The van der Waals surface area contributed by atoms with Crippen molar-refractivity contribution < 1.29 is 0 Å². The average Bonchev–Trinajstić information content (AvgIpc) is 3.68. The van der Waals surface area contributed by atoms with E-state index in [2.05, 4.69) is 158 Å². The van der Waals surface area contributed by atoms with Crippen molar-refractivity contribution in [3.8, 4) is 78.1 Å². The molecule has 55 heavy (non-hydrogen) atoms. The van der Waals surface area contributed by atoms with Gasteiger partial charge in [0, 0.05) is 43.5 Å². The van der Waals surface area contributed by atoms with Crippen LogP contribution in [0.25, 0.3) is 99.1 Å². The van der Waals surface area contributed by atoms with Gasteiger partial charge in [0.1, 0.15) is 0 Å². The Kier molecular flexibility index (Phi) is 8.32. The summed E-state index contributed by atoms with van der Waals surface area (Å²) in [6.07, 6.45) is 0. The van der Waals surface area contributed by atoms with Crippen LogP contribution in [-0.4, -0.2) is 19.9 Å². The summed E-state index contributed by atoms with van der Waals surface area (Å²) in [6.45, 7) is 0. The number of hydrogen-bond donors (Lipinski definition) is 0. The van der Waals surface area contributed by atoms with E-state index >= 15 is 0 Å². The number of fused-ring (bicyclic) bond motifs is 3. The van der Waals surface area contributed by atoms with Crippen LogP contribution in [0.4, 0.5) is 0 Å². The Morgan fingerprint density at radius 3 is 1.45 bits per heavy atom. The smallest absolute Gasteiger partial charge is 0.164 e. The first-order valence-electron chi connectivity index (χ1n) is 18.3. The van der Waals surface area contributed by atoms with E-state index in [9.17, 15) is 0 Å². The van der Waals surface area contributed by atoms with Gasteiger partial charge in [-0.3, -0.25) is 0 Å². The summed E-state index contributed by atoms with van der Waals surface area (Å²) in [5.41, 5.74) is 11.6. The van der Waals surface area contributed by atoms with Gasteiger partial charge in [0.15, 0.2) is 17.5 Å². The Labute approximate surface area is 323 Å². The lowest BCUT2D eigenvalue weighted by molar-refractivity contribution is 1.07. The van der Waals surface area contributed by atoms with Gasteiger partial charge in [0.05, 0.1) is 15.9 Å². The van der Waals surface area contributed by atoms with E-state index in [4.69, 9.17) is 19.9 Å². The minimum Gasteiger partial charge on any atom is -0.246 e. The van der Waals surface area contributed by atoms with Crippen molar-refractivity contribution in [1.29, 1.82) is 0 Å². The van der Waals surface area contributed by atoms with Gasteiger partial charge in [0.2, 0.25) is 0 Å². The third-order valence-electron chi connectivity index (χ3n) is 9.94. The van der Waals surface area contributed by atoms with Crippen LogP contribution in [0.15, 0.2) is 194 Å². The first kappa shape index (κ1) is 32.6. The van der Waals surface area contributed by atoms with Gasteiger partial charge in [-0.2, -0.15) is 0 Å². The van der Waals surface area contributed by atoms with E-state index in [0.29, 0.717) is 17.5 Å². The van der Waals surface area contributed by atoms with E-state index in [-0.39, 0.29) is 0 Å². The Morgan fingerprint density at radius 2 is 0.800 bits per heavy atom. The second kappa shape index (κ2) is 14.0. The third kappa shape index (κ3) is 6.17. The van der Waals surface area contributed by atoms with Crippen molar-refractivity contribution in [2.75, 3.05) is 0 Å². The number of benzene rings is 7. The summed E-state index contributed by atoms with van der Waals surface area (Å²) in [6, 6.07) is 67.3. The molecule has 4 nitrogen and oxygen atoms in total. The fourth-order valence-electron chi connectivity index (χ4n) is 7.27. The van der Waals surface area contributed by atoms with Crippen LogP contribution >= 0.6 is 11.3 Å². The van der Waals surface area contributed by atoms with Crippen molar-refractivity contribution >= 4 is 32.3 Å². The van der Waals surface area contributed by atoms with Gasteiger partial charge in [-0.05, 0) is 34.4 Å². The van der Waals surface area contributed by atoms with E-state index in [1.54, 1.807) is 0 Å². The first-order chi connectivity index (χ1) is 27.3. The number of aromatic nitrogens is 4. The van der Waals surface area contributed by atoms with Crippen LogP contribution in [0.5, 0.6) is 0 Å². The molecule has 0 radical (unpaired) electrons. The Bertz CT molecular complexity index is 2940. The molecule has 258 valence electrons. The molecule has 7 aromatic carbocycles. The number of nitrogens with zero attached hydrogens (tertiary/aromatic N) is 4. The van der Waals surface area contributed by atoms with Crippen molar-refractivity contribution in [3.05, 3.63) is 194 Å². The number of thiophene rings is 1. The lowest BCUT2D eigenvalue weighted by atomic mass is 9.95. The molecule has 10 rings (SSSR count). The quantitative estimate of drug-likeness (QED) is 0.164. The molecule has 0 bridgehead atoms. The topological polar surface area (TPSA) is 51.6 Å². The number of para-hydroxylation sites is 1. The van der Waals surface area contributed by atoms with Crippen molar-refractivity contribution in [1.82, 2.24) is 19.9 Å². The SMILES string of the molecule is c1ccc(-c2cccc(-c3nc(-c4ccccc4)nc(-c4ccc(-c5c(-c6ccccc6)sc6c(-c7ccccc7)nc7ccccc7c56)cc4)n3)c2)cc1. The maximum Gasteiger partial charge on any atom is 0.164 e.